The first-order valence-electron chi connectivity index (χ1n) is 6.48. The summed E-state index contributed by atoms with van der Waals surface area (Å²) < 4.78 is 24.2. The van der Waals surface area contributed by atoms with E-state index in [0.717, 1.165) is 18.6 Å². The maximum absolute atomic E-state index is 12.1. The van der Waals surface area contributed by atoms with Gasteiger partial charge in [0.15, 0.2) is 0 Å². The third-order valence-electron chi connectivity index (χ3n) is 3.70. The molecule has 1 fully saturated rings. The highest BCUT2D eigenvalue weighted by Gasteiger charge is 2.36. The fourth-order valence-electron chi connectivity index (χ4n) is 2.53. The minimum absolute atomic E-state index is 0.0291. The molecule has 1 unspecified atom stereocenters. The summed E-state index contributed by atoms with van der Waals surface area (Å²) in [5, 5.41) is 4.18. The number of hydrogen-bond acceptors (Lipinski definition) is 3. The van der Waals surface area contributed by atoms with Crippen molar-refractivity contribution in [3.63, 3.8) is 0 Å². The van der Waals surface area contributed by atoms with Crippen molar-refractivity contribution < 1.29 is 8.42 Å². The van der Waals surface area contributed by atoms with Crippen molar-refractivity contribution in [2.24, 2.45) is 16.4 Å². The molecule has 104 valence electrons. The lowest BCUT2D eigenvalue weighted by atomic mass is 9.88. The fraction of sp³-hybridized carbons (Fsp3) is 0.500. The molecule has 1 N–H and O–H groups in total. The molecule has 0 bridgehead atoms. The van der Waals surface area contributed by atoms with Crippen molar-refractivity contribution in [2.45, 2.75) is 38.5 Å². The Morgan fingerprint density at radius 1 is 1.26 bits per heavy atom. The highest BCUT2D eigenvalue weighted by atomic mass is 32.2. The van der Waals surface area contributed by atoms with E-state index in [-0.39, 0.29) is 10.3 Å². The Labute approximate surface area is 115 Å². The van der Waals surface area contributed by atoms with Gasteiger partial charge in [-0.25, -0.2) is 4.83 Å². The lowest BCUT2D eigenvalue weighted by molar-refractivity contribution is 0.505. The second-order valence-corrected chi connectivity index (χ2v) is 7.39. The van der Waals surface area contributed by atoms with Gasteiger partial charge in [-0.15, -0.1) is 0 Å². The first-order chi connectivity index (χ1) is 8.83. The van der Waals surface area contributed by atoms with Crippen LogP contribution in [0.3, 0.4) is 0 Å². The Bertz CT molecular complexity index is 577. The molecule has 0 saturated heterocycles. The van der Waals surface area contributed by atoms with E-state index < -0.39 is 10.0 Å². The van der Waals surface area contributed by atoms with Crippen molar-refractivity contribution in [1.82, 2.24) is 4.83 Å². The maximum atomic E-state index is 12.1. The molecule has 5 heteroatoms. The van der Waals surface area contributed by atoms with E-state index in [0.29, 0.717) is 5.92 Å². The predicted molar refractivity (Wildman–Crippen MR) is 76.4 cm³/mol. The summed E-state index contributed by atoms with van der Waals surface area (Å²) in [4.78, 5) is 2.60. The molecule has 0 amide bonds. The Kier molecular flexibility index (Phi) is 3.67. The average molecular weight is 280 g/mol. The topological polar surface area (TPSA) is 58.5 Å². The van der Waals surface area contributed by atoms with Gasteiger partial charge in [0.2, 0.25) is 0 Å². The van der Waals surface area contributed by atoms with E-state index in [2.05, 4.69) is 30.7 Å². The molecule has 0 radical (unpaired) electrons. The van der Waals surface area contributed by atoms with Crippen LogP contribution in [0.2, 0.25) is 0 Å². The zero-order valence-corrected chi connectivity index (χ0v) is 12.4. The number of nitrogens with one attached hydrogen (secondary N) is 1. The molecule has 1 aliphatic carbocycles. The molecule has 0 heterocycles. The molecule has 4 nitrogen and oxygen atoms in total. The number of rotatable bonds is 3. The second-order valence-electron chi connectivity index (χ2n) is 5.73. The van der Waals surface area contributed by atoms with Gasteiger partial charge in [0.1, 0.15) is 0 Å². The van der Waals surface area contributed by atoms with E-state index in [1.165, 1.54) is 0 Å². The van der Waals surface area contributed by atoms with E-state index in [1.807, 2.05) is 0 Å². The van der Waals surface area contributed by atoms with Crippen LogP contribution in [0.15, 0.2) is 40.3 Å². The van der Waals surface area contributed by atoms with Crippen LogP contribution >= 0.6 is 0 Å². The lowest BCUT2D eigenvalue weighted by Crippen LogP contribution is -2.27. The number of hydrazone groups is 1. The van der Waals surface area contributed by atoms with Gasteiger partial charge < -0.3 is 0 Å². The molecule has 1 atom stereocenters. The molecular weight excluding hydrogens is 260 g/mol. The summed E-state index contributed by atoms with van der Waals surface area (Å²) in [6.07, 6.45) is 2.10. The highest BCUT2D eigenvalue weighted by molar-refractivity contribution is 7.89. The SMILES string of the molecule is CC1CCC(C)(C)/C1=N/NS(=O)(=O)c1ccccc1. The Balaban J connectivity index is 2.23. The first kappa shape index (κ1) is 14.1. The van der Waals surface area contributed by atoms with Crippen LogP contribution in [0.1, 0.15) is 33.6 Å². The summed E-state index contributed by atoms with van der Waals surface area (Å²) in [6, 6.07) is 8.30. The summed E-state index contributed by atoms with van der Waals surface area (Å²) in [6.45, 7) is 6.29. The number of benzene rings is 1. The van der Waals surface area contributed by atoms with Crippen LogP contribution in [-0.2, 0) is 10.0 Å². The van der Waals surface area contributed by atoms with Crippen LogP contribution in [-0.4, -0.2) is 14.1 Å². The number of hydrogen-bond donors (Lipinski definition) is 1. The first-order valence-corrected chi connectivity index (χ1v) is 7.96. The van der Waals surface area contributed by atoms with Gasteiger partial charge in [0.25, 0.3) is 10.0 Å². The molecule has 1 aliphatic rings. The molecule has 0 aromatic heterocycles. The van der Waals surface area contributed by atoms with Gasteiger partial charge in [0.05, 0.1) is 4.90 Å². The second kappa shape index (κ2) is 4.96. The quantitative estimate of drug-likeness (QED) is 0.865. The van der Waals surface area contributed by atoms with Crippen molar-refractivity contribution in [2.75, 3.05) is 0 Å². The van der Waals surface area contributed by atoms with Crippen LogP contribution in [0.25, 0.3) is 0 Å². The Morgan fingerprint density at radius 2 is 1.89 bits per heavy atom. The number of sulfonamides is 1. The minimum Gasteiger partial charge on any atom is -0.200 e. The van der Waals surface area contributed by atoms with Gasteiger partial charge in [-0.05, 0) is 30.9 Å². The monoisotopic (exact) mass is 280 g/mol. The minimum atomic E-state index is -3.56. The zero-order valence-electron chi connectivity index (χ0n) is 11.6. The number of nitrogens with zero attached hydrogens (tertiary/aromatic N) is 1. The highest BCUT2D eigenvalue weighted by Crippen LogP contribution is 2.38. The zero-order chi connectivity index (χ0) is 14.1. The largest absolute Gasteiger partial charge is 0.276 e. The third kappa shape index (κ3) is 2.97. The van der Waals surface area contributed by atoms with Crippen LogP contribution in [0, 0.1) is 11.3 Å². The van der Waals surface area contributed by atoms with Gasteiger partial charge >= 0.3 is 0 Å². The Hall–Kier alpha value is -1.36. The van der Waals surface area contributed by atoms with Crippen molar-refractivity contribution in [3.05, 3.63) is 30.3 Å². The van der Waals surface area contributed by atoms with E-state index >= 15 is 0 Å². The van der Waals surface area contributed by atoms with Crippen molar-refractivity contribution >= 4 is 15.7 Å². The summed E-state index contributed by atoms with van der Waals surface area (Å²) in [5.74, 6) is 0.327. The summed E-state index contributed by atoms with van der Waals surface area (Å²) in [7, 11) is -3.56. The molecule has 1 aromatic rings. The molecular formula is C14H20N2O2S. The van der Waals surface area contributed by atoms with Crippen molar-refractivity contribution in [3.8, 4) is 0 Å². The molecule has 19 heavy (non-hydrogen) atoms. The molecule has 2 rings (SSSR count). The van der Waals surface area contributed by atoms with Gasteiger partial charge in [-0.2, -0.15) is 13.5 Å². The summed E-state index contributed by atoms with van der Waals surface area (Å²) >= 11 is 0. The normalized spacial score (nSPS) is 24.6. The fourth-order valence-corrected chi connectivity index (χ4v) is 3.37. The van der Waals surface area contributed by atoms with Gasteiger partial charge in [-0.1, -0.05) is 39.0 Å². The molecule has 0 aliphatic heterocycles. The predicted octanol–water partition coefficient (Wildman–Crippen LogP) is 2.78. The van der Waals surface area contributed by atoms with E-state index in [4.69, 9.17) is 0 Å². The average Bonchev–Trinajstić information content (AvgIpc) is 2.62. The van der Waals surface area contributed by atoms with Gasteiger partial charge in [0, 0.05) is 11.1 Å². The molecule has 0 spiro atoms. The maximum Gasteiger partial charge on any atom is 0.276 e. The lowest BCUT2D eigenvalue weighted by Gasteiger charge is -2.19. The molecule has 1 aromatic carbocycles. The van der Waals surface area contributed by atoms with Gasteiger partial charge in [-0.3, -0.25) is 0 Å². The molecule has 1 saturated carbocycles. The van der Waals surface area contributed by atoms with Crippen LogP contribution < -0.4 is 4.83 Å². The smallest absolute Gasteiger partial charge is 0.200 e. The Morgan fingerprint density at radius 3 is 2.42 bits per heavy atom. The van der Waals surface area contributed by atoms with Crippen LogP contribution in [0.4, 0.5) is 0 Å². The van der Waals surface area contributed by atoms with Crippen LogP contribution in [0.5, 0.6) is 0 Å². The summed E-state index contributed by atoms with van der Waals surface area (Å²) in [5.41, 5.74) is 0.908. The standard InChI is InChI=1S/C14H20N2O2S/c1-11-9-10-14(2,3)13(11)15-16-19(17,18)12-7-5-4-6-8-12/h4-8,11,16H,9-10H2,1-3H3/b15-13+. The third-order valence-corrected chi connectivity index (χ3v) is 4.93. The van der Waals surface area contributed by atoms with Crippen molar-refractivity contribution in [1.29, 1.82) is 0 Å². The van der Waals surface area contributed by atoms with E-state index in [1.54, 1.807) is 30.3 Å². The van der Waals surface area contributed by atoms with E-state index in [9.17, 15) is 8.42 Å².